The molecule has 3 aromatic rings. The molecular formula is C30H35BrClN3O5S. The van der Waals surface area contributed by atoms with Gasteiger partial charge >= 0.3 is 0 Å². The molecule has 0 aliphatic rings. The Morgan fingerprint density at radius 1 is 1.02 bits per heavy atom. The van der Waals surface area contributed by atoms with Gasteiger partial charge in [-0.2, -0.15) is 0 Å². The average molecular weight is 665 g/mol. The molecule has 0 unspecified atom stereocenters. The molecule has 0 fully saturated rings. The highest BCUT2D eigenvalue weighted by Crippen LogP contribution is 2.33. The molecule has 0 radical (unpaired) electrons. The summed E-state index contributed by atoms with van der Waals surface area (Å²) in [5, 5.41) is 3.29. The molecule has 3 rings (SSSR count). The van der Waals surface area contributed by atoms with E-state index in [1.165, 1.54) is 24.1 Å². The molecule has 11 heteroatoms. The maximum atomic E-state index is 14.2. The number of hydrogen-bond acceptors (Lipinski definition) is 5. The van der Waals surface area contributed by atoms with Crippen molar-refractivity contribution in [3.63, 3.8) is 0 Å². The van der Waals surface area contributed by atoms with E-state index in [4.69, 9.17) is 16.3 Å². The Labute approximate surface area is 255 Å². The van der Waals surface area contributed by atoms with Crippen LogP contribution in [-0.4, -0.2) is 57.1 Å². The van der Waals surface area contributed by atoms with Crippen molar-refractivity contribution in [1.82, 2.24) is 10.2 Å². The third-order valence-electron chi connectivity index (χ3n) is 6.60. The quantitative estimate of drug-likeness (QED) is 0.263. The highest BCUT2D eigenvalue weighted by atomic mass is 79.9. The van der Waals surface area contributed by atoms with Crippen LogP contribution in [0.4, 0.5) is 5.69 Å². The van der Waals surface area contributed by atoms with Crippen LogP contribution in [0.25, 0.3) is 0 Å². The first-order valence-corrected chi connectivity index (χ1v) is 16.1. The number of carbonyl (C=O) groups is 2. The molecule has 0 bridgehead atoms. The van der Waals surface area contributed by atoms with Gasteiger partial charge in [0.25, 0.3) is 0 Å². The molecule has 0 aromatic heterocycles. The minimum atomic E-state index is -3.96. The number of halogens is 2. The highest BCUT2D eigenvalue weighted by Gasteiger charge is 2.34. The largest absolute Gasteiger partial charge is 0.495 e. The summed E-state index contributed by atoms with van der Waals surface area (Å²) in [5.74, 6) is -0.642. The molecule has 2 amide bonds. The predicted octanol–water partition coefficient (Wildman–Crippen LogP) is 5.43. The summed E-state index contributed by atoms with van der Waals surface area (Å²) < 4.78 is 33.2. The van der Waals surface area contributed by atoms with E-state index >= 15 is 0 Å². The third-order valence-corrected chi connectivity index (χ3v) is 8.46. The van der Waals surface area contributed by atoms with Crippen molar-refractivity contribution in [2.45, 2.75) is 45.3 Å². The lowest BCUT2D eigenvalue weighted by Gasteiger charge is -2.34. The molecule has 0 aliphatic heterocycles. The van der Waals surface area contributed by atoms with E-state index in [9.17, 15) is 18.0 Å². The van der Waals surface area contributed by atoms with Gasteiger partial charge in [-0.25, -0.2) is 8.42 Å². The number of sulfonamides is 1. The third kappa shape index (κ3) is 9.21. The van der Waals surface area contributed by atoms with E-state index in [0.29, 0.717) is 6.42 Å². The number of anilines is 1. The monoisotopic (exact) mass is 663 g/mol. The summed E-state index contributed by atoms with van der Waals surface area (Å²) in [6.07, 6.45) is 1.96. The topological polar surface area (TPSA) is 96.0 Å². The first-order chi connectivity index (χ1) is 19.4. The van der Waals surface area contributed by atoms with E-state index in [1.54, 1.807) is 6.07 Å². The zero-order valence-electron chi connectivity index (χ0n) is 23.5. The number of nitrogens with one attached hydrogen (secondary N) is 1. The van der Waals surface area contributed by atoms with Gasteiger partial charge in [0.15, 0.2) is 0 Å². The van der Waals surface area contributed by atoms with Gasteiger partial charge in [0, 0.05) is 28.5 Å². The fraction of sp³-hybridized carbons (Fsp3) is 0.333. The second-order valence-corrected chi connectivity index (χ2v) is 13.0. The van der Waals surface area contributed by atoms with E-state index in [2.05, 4.69) is 21.2 Å². The Morgan fingerprint density at radius 3 is 2.32 bits per heavy atom. The number of amides is 2. The van der Waals surface area contributed by atoms with Crippen LogP contribution in [0.3, 0.4) is 0 Å². The Morgan fingerprint density at radius 2 is 1.71 bits per heavy atom. The van der Waals surface area contributed by atoms with Crippen molar-refractivity contribution in [1.29, 1.82) is 0 Å². The summed E-state index contributed by atoms with van der Waals surface area (Å²) in [7, 11) is -2.56. The second-order valence-electron chi connectivity index (χ2n) is 9.76. The molecule has 0 saturated carbocycles. The number of carbonyl (C=O) groups excluding carboxylic acids is 2. The number of hydrogen-bond donors (Lipinski definition) is 1. The first-order valence-electron chi connectivity index (χ1n) is 13.1. The van der Waals surface area contributed by atoms with Crippen LogP contribution in [0.15, 0.2) is 77.3 Å². The molecule has 0 heterocycles. The fourth-order valence-corrected chi connectivity index (χ4v) is 5.74. The van der Waals surface area contributed by atoms with Crippen LogP contribution in [0, 0.1) is 0 Å². The van der Waals surface area contributed by atoms with Crippen molar-refractivity contribution in [3.05, 3.63) is 93.4 Å². The van der Waals surface area contributed by atoms with Gasteiger partial charge in [0.05, 0.1) is 19.1 Å². The maximum Gasteiger partial charge on any atom is 0.244 e. The van der Waals surface area contributed by atoms with Gasteiger partial charge < -0.3 is 15.0 Å². The highest BCUT2D eigenvalue weighted by molar-refractivity contribution is 9.10. The van der Waals surface area contributed by atoms with Gasteiger partial charge in [-0.1, -0.05) is 76.9 Å². The second kappa shape index (κ2) is 14.7. The van der Waals surface area contributed by atoms with E-state index in [0.717, 1.165) is 26.2 Å². The number of ether oxygens (including phenoxy) is 1. The SMILES string of the molecule is CC[C@H](C)NC(=O)[C@@H](Cc1ccccc1)N(Cc1cccc(Br)c1)C(=O)CN(c1cc(Cl)ccc1OC)S(C)(=O)=O. The van der Waals surface area contributed by atoms with Gasteiger partial charge in [0.1, 0.15) is 18.3 Å². The molecule has 41 heavy (non-hydrogen) atoms. The van der Waals surface area contributed by atoms with E-state index < -0.39 is 28.5 Å². The minimum Gasteiger partial charge on any atom is -0.495 e. The Kier molecular flexibility index (Phi) is 11.6. The molecule has 1 N–H and O–H groups in total. The summed E-state index contributed by atoms with van der Waals surface area (Å²) in [5.41, 5.74) is 1.76. The van der Waals surface area contributed by atoms with Crippen molar-refractivity contribution < 1.29 is 22.7 Å². The van der Waals surface area contributed by atoms with Crippen LogP contribution in [0.1, 0.15) is 31.4 Å². The molecular weight excluding hydrogens is 630 g/mol. The fourth-order valence-electron chi connectivity index (χ4n) is 4.28. The summed E-state index contributed by atoms with van der Waals surface area (Å²) in [4.78, 5) is 29.4. The number of methoxy groups -OCH3 is 1. The van der Waals surface area contributed by atoms with Crippen LogP contribution in [0.5, 0.6) is 5.75 Å². The van der Waals surface area contributed by atoms with E-state index in [-0.39, 0.29) is 41.4 Å². The molecule has 3 aromatic carbocycles. The Bertz CT molecular complexity index is 1460. The van der Waals surface area contributed by atoms with Crippen molar-refractivity contribution in [3.8, 4) is 5.75 Å². The van der Waals surface area contributed by atoms with Crippen LogP contribution >= 0.6 is 27.5 Å². The van der Waals surface area contributed by atoms with Crippen molar-refractivity contribution in [2.24, 2.45) is 0 Å². The van der Waals surface area contributed by atoms with Crippen LogP contribution in [0.2, 0.25) is 5.02 Å². The lowest BCUT2D eigenvalue weighted by atomic mass is 10.0. The van der Waals surface area contributed by atoms with Crippen molar-refractivity contribution in [2.75, 3.05) is 24.2 Å². The van der Waals surface area contributed by atoms with Gasteiger partial charge in [-0.15, -0.1) is 0 Å². The molecule has 0 aliphatic carbocycles. The molecule has 220 valence electrons. The summed E-state index contributed by atoms with van der Waals surface area (Å²) in [6, 6.07) is 20.3. The summed E-state index contributed by atoms with van der Waals surface area (Å²) >= 11 is 9.68. The zero-order chi connectivity index (χ0) is 30.2. The molecule has 0 spiro atoms. The van der Waals surface area contributed by atoms with Gasteiger partial charge in [-0.05, 0) is 54.8 Å². The van der Waals surface area contributed by atoms with E-state index in [1.807, 2.05) is 68.4 Å². The minimum absolute atomic E-state index is 0.0774. The lowest BCUT2D eigenvalue weighted by molar-refractivity contribution is -0.140. The average Bonchev–Trinajstić information content (AvgIpc) is 2.93. The van der Waals surface area contributed by atoms with Crippen LogP contribution < -0.4 is 14.4 Å². The number of nitrogens with zero attached hydrogens (tertiary/aromatic N) is 2. The van der Waals surface area contributed by atoms with Crippen LogP contribution in [-0.2, 0) is 32.6 Å². The molecule has 8 nitrogen and oxygen atoms in total. The Hall–Kier alpha value is -3.08. The lowest BCUT2D eigenvalue weighted by Crippen LogP contribution is -2.54. The van der Waals surface area contributed by atoms with Gasteiger partial charge in [-0.3, -0.25) is 13.9 Å². The maximum absolute atomic E-state index is 14.2. The number of benzene rings is 3. The zero-order valence-corrected chi connectivity index (χ0v) is 26.7. The molecule has 2 atom stereocenters. The normalized spacial score (nSPS) is 12.7. The van der Waals surface area contributed by atoms with Gasteiger partial charge in [0.2, 0.25) is 21.8 Å². The van der Waals surface area contributed by atoms with Crippen molar-refractivity contribution >= 4 is 55.1 Å². The standard InChI is InChI=1S/C30H35BrClN3O5S/c1-5-21(2)33-30(37)27(17-22-10-7-6-8-11-22)34(19-23-12-9-13-24(31)16-23)29(36)20-35(41(4,38)39)26-18-25(32)14-15-28(26)40-3/h6-16,18,21,27H,5,17,19-20H2,1-4H3,(H,33,37)/t21-,27+/m0/s1. The molecule has 0 saturated heterocycles. The smallest absolute Gasteiger partial charge is 0.244 e. The Balaban J connectivity index is 2.10. The first kappa shape index (κ1) is 32.4. The summed E-state index contributed by atoms with van der Waals surface area (Å²) in [6.45, 7) is 3.37. The predicted molar refractivity (Wildman–Crippen MR) is 167 cm³/mol. The number of rotatable bonds is 13.